The summed E-state index contributed by atoms with van der Waals surface area (Å²) in [6, 6.07) is 11.2. The summed E-state index contributed by atoms with van der Waals surface area (Å²) < 4.78 is 10.8. The lowest BCUT2D eigenvalue weighted by Gasteiger charge is -2.26. The largest absolute Gasteiger partial charge is 0.496 e. The number of carbonyl (C=O) groups is 1. The van der Waals surface area contributed by atoms with Crippen LogP contribution in [0.2, 0.25) is 0 Å². The molecule has 5 nitrogen and oxygen atoms in total. The van der Waals surface area contributed by atoms with Crippen LogP contribution in [0.1, 0.15) is 35.0 Å². The molecule has 0 unspecified atom stereocenters. The second-order valence-electron chi connectivity index (χ2n) is 5.68. The summed E-state index contributed by atoms with van der Waals surface area (Å²) in [5.41, 5.74) is 0.551. The molecule has 3 rings (SSSR count). The molecule has 0 radical (unpaired) electrons. The first kappa shape index (κ1) is 15.6. The molecule has 1 amide bonds. The van der Waals surface area contributed by atoms with Crippen LogP contribution in [0.5, 0.6) is 5.75 Å². The molecule has 0 aliphatic carbocycles. The molecule has 1 aromatic carbocycles. The highest BCUT2D eigenvalue weighted by molar-refractivity contribution is 5.96. The van der Waals surface area contributed by atoms with Gasteiger partial charge in [0.05, 0.1) is 25.0 Å². The van der Waals surface area contributed by atoms with Gasteiger partial charge in [0.15, 0.2) is 0 Å². The molecule has 122 valence electrons. The predicted octanol–water partition coefficient (Wildman–Crippen LogP) is 2.86. The van der Waals surface area contributed by atoms with Crippen LogP contribution in [0.25, 0.3) is 0 Å². The fourth-order valence-corrected chi connectivity index (χ4v) is 3.06. The summed E-state index contributed by atoms with van der Waals surface area (Å²) >= 11 is 0. The van der Waals surface area contributed by atoms with Crippen molar-refractivity contribution >= 4 is 5.91 Å². The molecule has 0 bridgehead atoms. The number of benzene rings is 1. The number of hydrogen-bond acceptors (Lipinski definition) is 4. The van der Waals surface area contributed by atoms with Gasteiger partial charge in [-0.15, -0.1) is 0 Å². The molecule has 2 heterocycles. The number of likely N-dealkylation sites (tertiary alicyclic amines) is 1. The molecular weight excluding hydrogens is 292 g/mol. The van der Waals surface area contributed by atoms with Gasteiger partial charge in [-0.05, 0) is 50.2 Å². The normalized spacial score (nSPS) is 16.2. The molecule has 0 spiro atoms. The van der Waals surface area contributed by atoms with Crippen LogP contribution < -0.4 is 10.1 Å². The molecule has 0 saturated carbocycles. The Morgan fingerprint density at radius 2 is 2.04 bits per heavy atom. The Morgan fingerprint density at radius 1 is 1.26 bits per heavy atom. The van der Waals surface area contributed by atoms with E-state index in [-0.39, 0.29) is 11.9 Å². The molecule has 1 aliphatic heterocycles. The number of nitrogens with zero attached hydrogens (tertiary/aromatic N) is 1. The summed E-state index contributed by atoms with van der Waals surface area (Å²) in [5, 5.41) is 3.02. The van der Waals surface area contributed by atoms with Gasteiger partial charge in [-0.2, -0.15) is 0 Å². The van der Waals surface area contributed by atoms with Crippen molar-refractivity contribution in [2.75, 3.05) is 26.7 Å². The van der Waals surface area contributed by atoms with Crippen molar-refractivity contribution in [3.05, 3.63) is 54.0 Å². The highest BCUT2D eigenvalue weighted by atomic mass is 16.5. The van der Waals surface area contributed by atoms with Crippen molar-refractivity contribution in [3.63, 3.8) is 0 Å². The lowest BCUT2D eigenvalue weighted by Crippen LogP contribution is -2.36. The number of para-hydroxylation sites is 1. The van der Waals surface area contributed by atoms with Crippen molar-refractivity contribution in [1.29, 1.82) is 0 Å². The summed E-state index contributed by atoms with van der Waals surface area (Å²) in [6.45, 7) is 2.59. The van der Waals surface area contributed by atoms with Gasteiger partial charge >= 0.3 is 0 Å². The highest BCUT2D eigenvalue weighted by Crippen LogP contribution is 2.25. The Morgan fingerprint density at radius 3 is 2.74 bits per heavy atom. The second-order valence-corrected chi connectivity index (χ2v) is 5.68. The molecule has 1 N–H and O–H groups in total. The number of rotatable bonds is 6. The number of amides is 1. The predicted molar refractivity (Wildman–Crippen MR) is 87.6 cm³/mol. The monoisotopic (exact) mass is 314 g/mol. The lowest BCUT2D eigenvalue weighted by atomic mass is 10.1. The Labute approximate surface area is 136 Å². The van der Waals surface area contributed by atoms with Crippen LogP contribution in [-0.4, -0.2) is 37.6 Å². The van der Waals surface area contributed by atoms with Crippen molar-refractivity contribution in [2.45, 2.75) is 18.9 Å². The van der Waals surface area contributed by atoms with Crippen LogP contribution in [0.3, 0.4) is 0 Å². The first-order chi connectivity index (χ1) is 11.3. The minimum Gasteiger partial charge on any atom is -0.496 e. The summed E-state index contributed by atoms with van der Waals surface area (Å²) in [6.07, 6.45) is 4.07. The average molecular weight is 314 g/mol. The third-order valence-corrected chi connectivity index (χ3v) is 4.26. The van der Waals surface area contributed by atoms with E-state index in [9.17, 15) is 4.79 Å². The van der Waals surface area contributed by atoms with E-state index in [4.69, 9.17) is 9.15 Å². The van der Waals surface area contributed by atoms with Crippen LogP contribution in [-0.2, 0) is 0 Å². The maximum absolute atomic E-state index is 12.5. The Balaban J connectivity index is 1.70. The number of carbonyl (C=O) groups excluding carboxylic acids is 1. The first-order valence-electron chi connectivity index (χ1n) is 7.98. The summed E-state index contributed by atoms with van der Waals surface area (Å²) in [4.78, 5) is 14.8. The van der Waals surface area contributed by atoms with Crippen LogP contribution >= 0.6 is 0 Å². The average Bonchev–Trinajstić information content (AvgIpc) is 3.29. The van der Waals surface area contributed by atoms with Gasteiger partial charge < -0.3 is 14.5 Å². The molecular formula is C18H22N2O3. The van der Waals surface area contributed by atoms with Gasteiger partial charge in [-0.25, -0.2) is 0 Å². The second kappa shape index (κ2) is 7.33. The van der Waals surface area contributed by atoms with Gasteiger partial charge in [-0.3, -0.25) is 9.69 Å². The smallest absolute Gasteiger partial charge is 0.255 e. The fourth-order valence-electron chi connectivity index (χ4n) is 3.06. The van der Waals surface area contributed by atoms with E-state index in [2.05, 4.69) is 10.2 Å². The SMILES string of the molecule is COc1ccccc1C(=O)NC[C@@H](c1ccco1)N1CCCC1. The topological polar surface area (TPSA) is 54.7 Å². The Hall–Kier alpha value is -2.27. The summed E-state index contributed by atoms with van der Waals surface area (Å²) in [5.74, 6) is 1.35. The number of furan rings is 1. The van der Waals surface area contributed by atoms with Crippen molar-refractivity contribution in [2.24, 2.45) is 0 Å². The zero-order valence-corrected chi connectivity index (χ0v) is 13.3. The molecule has 5 heteroatoms. The quantitative estimate of drug-likeness (QED) is 0.891. The fraction of sp³-hybridized carbons (Fsp3) is 0.389. The van der Waals surface area contributed by atoms with Crippen molar-refractivity contribution in [1.82, 2.24) is 10.2 Å². The van der Waals surface area contributed by atoms with E-state index in [0.29, 0.717) is 17.9 Å². The lowest BCUT2D eigenvalue weighted by molar-refractivity contribution is 0.0931. The van der Waals surface area contributed by atoms with Crippen LogP contribution in [0.15, 0.2) is 47.1 Å². The first-order valence-corrected chi connectivity index (χ1v) is 7.98. The molecule has 23 heavy (non-hydrogen) atoms. The molecule has 1 saturated heterocycles. The van der Waals surface area contributed by atoms with E-state index in [1.807, 2.05) is 24.3 Å². The van der Waals surface area contributed by atoms with E-state index in [0.717, 1.165) is 18.8 Å². The van der Waals surface area contributed by atoms with Crippen molar-refractivity contribution in [3.8, 4) is 5.75 Å². The van der Waals surface area contributed by atoms with Crippen molar-refractivity contribution < 1.29 is 13.9 Å². The minimum absolute atomic E-state index is 0.0751. The van der Waals surface area contributed by atoms with Gasteiger partial charge in [0.25, 0.3) is 5.91 Å². The van der Waals surface area contributed by atoms with E-state index in [1.54, 1.807) is 25.5 Å². The number of ether oxygens (including phenoxy) is 1. The maximum Gasteiger partial charge on any atom is 0.255 e. The van der Waals surface area contributed by atoms with Gasteiger partial charge in [0.1, 0.15) is 11.5 Å². The third-order valence-electron chi connectivity index (χ3n) is 4.26. The standard InChI is InChI=1S/C18H22N2O3/c1-22-16-8-3-2-7-14(16)18(21)19-13-15(17-9-6-12-23-17)20-10-4-5-11-20/h2-3,6-9,12,15H,4-5,10-11,13H2,1H3,(H,19,21)/t15-/m0/s1. The van der Waals surface area contributed by atoms with E-state index < -0.39 is 0 Å². The van der Waals surface area contributed by atoms with Gasteiger partial charge in [-0.1, -0.05) is 12.1 Å². The Kier molecular flexibility index (Phi) is 4.98. The highest BCUT2D eigenvalue weighted by Gasteiger charge is 2.26. The van der Waals surface area contributed by atoms with E-state index >= 15 is 0 Å². The van der Waals surface area contributed by atoms with E-state index in [1.165, 1.54) is 12.8 Å². The number of hydrogen-bond donors (Lipinski definition) is 1. The number of nitrogens with one attached hydrogen (secondary N) is 1. The molecule has 2 aromatic rings. The third kappa shape index (κ3) is 3.56. The molecule has 1 atom stereocenters. The molecule has 1 aliphatic rings. The van der Waals surface area contributed by atoms with Gasteiger partial charge in [0, 0.05) is 6.54 Å². The van der Waals surface area contributed by atoms with Gasteiger partial charge in [0.2, 0.25) is 0 Å². The Bertz CT molecular complexity index is 633. The van der Waals surface area contributed by atoms with Crippen LogP contribution in [0, 0.1) is 0 Å². The zero-order valence-electron chi connectivity index (χ0n) is 13.3. The minimum atomic E-state index is -0.127. The summed E-state index contributed by atoms with van der Waals surface area (Å²) in [7, 11) is 1.57. The molecule has 1 aromatic heterocycles. The molecule has 1 fully saturated rings. The van der Waals surface area contributed by atoms with Crippen LogP contribution in [0.4, 0.5) is 0 Å². The number of methoxy groups -OCH3 is 1. The zero-order chi connectivity index (χ0) is 16.1. The maximum atomic E-state index is 12.5.